The van der Waals surface area contributed by atoms with Gasteiger partial charge in [0.1, 0.15) is 5.82 Å². The van der Waals surface area contributed by atoms with Crippen LogP contribution >= 0.6 is 15.9 Å². The van der Waals surface area contributed by atoms with Gasteiger partial charge in [0.2, 0.25) is 10.0 Å². The van der Waals surface area contributed by atoms with Crippen molar-refractivity contribution in [2.75, 3.05) is 6.54 Å². The Hall–Kier alpha value is -2.07. The zero-order valence-corrected chi connectivity index (χ0v) is 17.2. The lowest BCUT2D eigenvalue weighted by molar-refractivity contribution is 0.597. The molecule has 3 aromatic rings. The predicted molar refractivity (Wildman–Crippen MR) is 107 cm³/mol. The summed E-state index contributed by atoms with van der Waals surface area (Å²) in [6.45, 7) is 3.40. The molecule has 3 rings (SSSR count). The second-order valence-corrected chi connectivity index (χ2v) is 8.46. The summed E-state index contributed by atoms with van der Waals surface area (Å²) in [7, 11) is -3.73. The molecule has 0 amide bonds. The molecule has 3 N–H and O–H groups in total. The fourth-order valence-corrected chi connectivity index (χ4v) is 3.59. The SMILES string of the molecule is CCNCc1nc(Cc2cccc(Br)c2)n(-c2ccc(S(N)(=O)=O)cc2)n1. The quantitative estimate of drug-likeness (QED) is 0.576. The van der Waals surface area contributed by atoms with E-state index in [-0.39, 0.29) is 4.90 Å². The smallest absolute Gasteiger partial charge is 0.238 e. The highest BCUT2D eigenvalue weighted by Crippen LogP contribution is 2.18. The maximum atomic E-state index is 11.5. The summed E-state index contributed by atoms with van der Waals surface area (Å²) < 4.78 is 25.7. The molecule has 0 saturated carbocycles. The molecule has 0 radical (unpaired) electrons. The highest BCUT2D eigenvalue weighted by Gasteiger charge is 2.14. The number of benzene rings is 2. The van der Waals surface area contributed by atoms with Gasteiger partial charge in [0.15, 0.2) is 5.82 Å². The first-order valence-corrected chi connectivity index (χ1v) is 10.7. The minimum atomic E-state index is -3.73. The monoisotopic (exact) mass is 449 g/mol. The normalized spacial score (nSPS) is 11.7. The number of primary sulfonamides is 1. The zero-order valence-electron chi connectivity index (χ0n) is 14.8. The standard InChI is InChI=1S/C18H20BrN5O2S/c1-2-21-12-17-22-18(11-13-4-3-5-14(19)10-13)24(23-17)15-6-8-16(9-7-15)27(20,25)26/h3-10,21H,2,11-12H2,1H3,(H2,20,25,26). The molecule has 2 aromatic carbocycles. The van der Waals surface area contributed by atoms with Crippen LogP contribution in [0.2, 0.25) is 0 Å². The van der Waals surface area contributed by atoms with Crippen molar-refractivity contribution in [1.82, 2.24) is 20.1 Å². The Morgan fingerprint density at radius 1 is 1.19 bits per heavy atom. The third-order valence-corrected chi connectivity index (χ3v) is 5.33. The number of halogens is 1. The van der Waals surface area contributed by atoms with Gasteiger partial charge in [0.25, 0.3) is 0 Å². The van der Waals surface area contributed by atoms with Crippen molar-refractivity contribution in [2.45, 2.75) is 24.8 Å². The van der Waals surface area contributed by atoms with Gasteiger partial charge in [-0.3, -0.25) is 0 Å². The van der Waals surface area contributed by atoms with E-state index in [1.54, 1.807) is 16.8 Å². The van der Waals surface area contributed by atoms with Gasteiger partial charge in [-0.2, -0.15) is 0 Å². The molecule has 1 aromatic heterocycles. The molecule has 0 spiro atoms. The number of aromatic nitrogens is 3. The van der Waals surface area contributed by atoms with E-state index in [0.29, 0.717) is 18.8 Å². The van der Waals surface area contributed by atoms with E-state index < -0.39 is 10.0 Å². The number of rotatable bonds is 7. The van der Waals surface area contributed by atoms with E-state index >= 15 is 0 Å². The third kappa shape index (κ3) is 5.01. The van der Waals surface area contributed by atoms with Crippen molar-refractivity contribution in [3.63, 3.8) is 0 Å². The molecule has 7 nitrogen and oxygen atoms in total. The summed E-state index contributed by atoms with van der Waals surface area (Å²) >= 11 is 3.48. The number of nitrogens with one attached hydrogen (secondary N) is 1. The largest absolute Gasteiger partial charge is 0.310 e. The molecule has 0 bridgehead atoms. The van der Waals surface area contributed by atoms with Gasteiger partial charge in [-0.15, -0.1) is 5.10 Å². The first-order valence-electron chi connectivity index (χ1n) is 8.40. The number of nitrogens with two attached hydrogens (primary N) is 1. The topological polar surface area (TPSA) is 103 Å². The van der Waals surface area contributed by atoms with Gasteiger partial charge in [-0.05, 0) is 48.5 Å². The van der Waals surface area contributed by atoms with Crippen LogP contribution in [0.1, 0.15) is 24.1 Å². The molecule has 0 atom stereocenters. The lowest BCUT2D eigenvalue weighted by Gasteiger charge is -2.07. The maximum Gasteiger partial charge on any atom is 0.238 e. The van der Waals surface area contributed by atoms with Gasteiger partial charge < -0.3 is 5.32 Å². The first kappa shape index (κ1) is 19.7. The lowest BCUT2D eigenvalue weighted by atomic mass is 10.1. The number of hydrogen-bond acceptors (Lipinski definition) is 5. The second kappa shape index (κ2) is 8.30. The molecule has 0 saturated heterocycles. The van der Waals surface area contributed by atoms with Crippen LogP contribution in [0.3, 0.4) is 0 Å². The molecule has 0 aliphatic carbocycles. The Kier molecular flexibility index (Phi) is 6.05. The lowest BCUT2D eigenvalue weighted by Crippen LogP contribution is -2.13. The van der Waals surface area contributed by atoms with Gasteiger partial charge in [-0.25, -0.2) is 23.2 Å². The van der Waals surface area contributed by atoms with Crippen molar-refractivity contribution < 1.29 is 8.42 Å². The van der Waals surface area contributed by atoms with E-state index in [4.69, 9.17) is 5.14 Å². The van der Waals surface area contributed by atoms with Crippen LogP contribution in [0, 0.1) is 0 Å². The van der Waals surface area contributed by atoms with Crippen molar-refractivity contribution in [3.05, 3.63) is 70.2 Å². The fourth-order valence-electron chi connectivity index (χ4n) is 2.63. The van der Waals surface area contributed by atoms with Crippen LogP contribution in [-0.2, 0) is 23.0 Å². The molecule has 0 unspecified atom stereocenters. The molecular weight excluding hydrogens is 430 g/mol. The van der Waals surface area contributed by atoms with Crippen LogP contribution in [-0.4, -0.2) is 29.7 Å². The summed E-state index contributed by atoms with van der Waals surface area (Å²) in [5, 5.41) is 13.0. The molecule has 9 heteroatoms. The van der Waals surface area contributed by atoms with Crippen molar-refractivity contribution in [3.8, 4) is 5.69 Å². The van der Waals surface area contributed by atoms with Crippen LogP contribution in [0.15, 0.2) is 57.9 Å². The Morgan fingerprint density at radius 2 is 1.93 bits per heavy atom. The van der Waals surface area contributed by atoms with Crippen molar-refractivity contribution in [2.24, 2.45) is 5.14 Å². The van der Waals surface area contributed by atoms with Gasteiger partial charge in [-0.1, -0.05) is 35.0 Å². The summed E-state index contributed by atoms with van der Waals surface area (Å²) in [5.74, 6) is 1.45. The summed E-state index contributed by atoms with van der Waals surface area (Å²) in [6, 6.07) is 14.3. The molecular formula is C18H20BrN5O2S. The third-order valence-electron chi connectivity index (χ3n) is 3.91. The Labute approximate surface area is 166 Å². The van der Waals surface area contributed by atoms with E-state index in [2.05, 4.69) is 31.3 Å². The molecule has 0 aliphatic heterocycles. The van der Waals surface area contributed by atoms with Gasteiger partial charge in [0.05, 0.1) is 17.1 Å². The molecule has 1 heterocycles. The van der Waals surface area contributed by atoms with Gasteiger partial charge >= 0.3 is 0 Å². The Balaban J connectivity index is 1.98. The van der Waals surface area contributed by atoms with Crippen LogP contribution in [0.5, 0.6) is 0 Å². The first-order chi connectivity index (χ1) is 12.9. The summed E-state index contributed by atoms with van der Waals surface area (Å²) in [6.07, 6.45) is 0.593. The van der Waals surface area contributed by atoms with Crippen molar-refractivity contribution >= 4 is 26.0 Å². The minimum absolute atomic E-state index is 0.0628. The van der Waals surface area contributed by atoms with Crippen LogP contribution < -0.4 is 10.5 Å². The van der Waals surface area contributed by atoms with E-state index in [1.165, 1.54) is 12.1 Å². The average Bonchev–Trinajstić information content (AvgIpc) is 3.02. The Morgan fingerprint density at radius 3 is 2.56 bits per heavy atom. The molecule has 0 fully saturated rings. The van der Waals surface area contributed by atoms with Crippen LogP contribution in [0.4, 0.5) is 0 Å². The highest BCUT2D eigenvalue weighted by atomic mass is 79.9. The Bertz CT molecular complexity index is 1030. The molecule has 0 aliphatic rings. The fraction of sp³-hybridized carbons (Fsp3) is 0.222. The second-order valence-electron chi connectivity index (χ2n) is 5.98. The zero-order chi connectivity index (χ0) is 19.4. The highest BCUT2D eigenvalue weighted by molar-refractivity contribution is 9.10. The molecule has 27 heavy (non-hydrogen) atoms. The number of nitrogens with zero attached hydrogens (tertiary/aromatic N) is 3. The van der Waals surface area contributed by atoms with Gasteiger partial charge in [0, 0.05) is 10.9 Å². The summed E-state index contributed by atoms with van der Waals surface area (Å²) in [4.78, 5) is 4.71. The van der Waals surface area contributed by atoms with E-state index in [0.717, 1.165) is 28.1 Å². The number of hydrogen-bond donors (Lipinski definition) is 2. The van der Waals surface area contributed by atoms with E-state index in [1.807, 2.05) is 31.2 Å². The average molecular weight is 450 g/mol. The maximum absolute atomic E-state index is 11.5. The number of sulfonamides is 1. The minimum Gasteiger partial charge on any atom is -0.310 e. The molecule has 142 valence electrons. The van der Waals surface area contributed by atoms with Crippen molar-refractivity contribution in [1.29, 1.82) is 0 Å². The summed E-state index contributed by atoms with van der Waals surface area (Å²) in [5.41, 5.74) is 1.82. The van der Waals surface area contributed by atoms with Crippen LogP contribution in [0.25, 0.3) is 5.69 Å². The predicted octanol–water partition coefficient (Wildman–Crippen LogP) is 2.38. The van der Waals surface area contributed by atoms with E-state index in [9.17, 15) is 8.42 Å².